The average molecular weight is 223 g/mol. The van der Waals surface area contributed by atoms with Gasteiger partial charge in [-0.25, -0.2) is 0 Å². The summed E-state index contributed by atoms with van der Waals surface area (Å²) in [5.74, 6) is 0.661. The Labute approximate surface area is 95.7 Å². The number of benzene rings is 1. The van der Waals surface area contributed by atoms with Gasteiger partial charge in [0.25, 0.3) is 0 Å². The van der Waals surface area contributed by atoms with Crippen molar-refractivity contribution in [3.05, 3.63) is 29.3 Å². The highest BCUT2D eigenvalue weighted by molar-refractivity contribution is 8.00. The Morgan fingerprint density at radius 2 is 1.93 bits per heavy atom. The fourth-order valence-corrected chi connectivity index (χ4v) is 2.05. The van der Waals surface area contributed by atoms with E-state index in [2.05, 4.69) is 32.0 Å². The molecule has 0 atom stereocenters. The van der Waals surface area contributed by atoms with Gasteiger partial charge in [-0.15, -0.1) is 11.8 Å². The first kappa shape index (κ1) is 12.1. The molecule has 0 aliphatic carbocycles. The number of carbonyl (C=O) groups excluding carboxylic acids is 1. The lowest BCUT2D eigenvalue weighted by molar-refractivity contribution is -0.125. The van der Waals surface area contributed by atoms with Crippen LogP contribution in [-0.2, 0) is 4.79 Å². The molecule has 0 fully saturated rings. The van der Waals surface area contributed by atoms with Gasteiger partial charge in [0.15, 0.2) is 0 Å². The summed E-state index contributed by atoms with van der Waals surface area (Å²) in [5, 5.41) is 0. The molecule has 1 rings (SSSR count). The van der Waals surface area contributed by atoms with Crippen molar-refractivity contribution in [1.29, 1.82) is 0 Å². The summed E-state index contributed by atoms with van der Waals surface area (Å²) in [7, 11) is 3.56. The molecule has 0 aliphatic heterocycles. The standard InChI is InChI=1S/C12H17NOS/c1-9-5-6-11(7-10(9)2)15-8-12(14)13(3)4/h5-7H,8H2,1-4H3. The lowest BCUT2D eigenvalue weighted by atomic mass is 10.1. The molecular weight excluding hydrogens is 206 g/mol. The van der Waals surface area contributed by atoms with Crippen LogP contribution in [0.2, 0.25) is 0 Å². The van der Waals surface area contributed by atoms with Gasteiger partial charge in [-0.05, 0) is 37.1 Å². The molecule has 15 heavy (non-hydrogen) atoms. The zero-order valence-corrected chi connectivity index (χ0v) is 10.5. The van der Waals surface area contributed by atoms with Crippen molar-refractivity contribution in [3.8, 4) is 0 Å². The van der Waals surface area contributed by atoms with Gasteiger partial charge in [-0.2, -0.15) is 0 Å². The summed E-state index contributed by atoms with van der Waals surface area (Å²) >= 11 is 1.59. The van der Waals surface area contributed by atoms with Crippen LogP contribution in [0.3, 0.4) is 0 Å². The third-order valence-corrected chi connectivity index (χ3v) is 3.32. The second-order valence-electron chi connectivity index (χ2n) is 3.82. The zero-order chi connectivity index (χ0) is 11.4. The van der Waals surface area contributed by atoms with Crippen molar-refractivity contribution in [3.63, 3.8) is 0 Å². The van der Waals surface area contributed by atoms with Crippen molar-refractivity contribution in [2.45, 2.75) is 18.7 Å². The van der Waals surface area contributed by atoms with E-state index in [9.17, 15) is 4.79 Å². The van der Waals surface area contributed by atoms with E-state index in [1.165, 1.54) is 11.1 Å². The molecule has 0 radical (unpaired) electrons. The van der Waals surface area contributed by atoms with Crippen LogP contribution in [0.15, 0.2) is 23.1 Å². The number of aryl methyl sites for hydroxylation is 2. The van der Waals surface area contributed by atoms with Crippen molar-refractivity contribution in [2.75, 3.05) is 19.8 Å². The van der Waals surface area contributed by atoms with Crippen molar-refractivity contribution in [1.82, 2.24) is 4.90 Å². The molecule has 0 spiro atoms. The van der Waals surface area contributed by atoms with Gasteiger partial charge in [-0.1, -0.05) is 6.07 Å². The third-order valence-electron chi connectivity index (χ3n) is 2.34. The number of rotatable bonds is 3. The fraction of sp³-hybridized carbons (Fsp3) is 0.417. The van der Waals surface area contributed by atoms with Gasteiger partial charge in [0.2, 0.25) is 5.91 Å². The summed E-state index contributed by atoms with van der Waals surface area (Å²) in [5.41, 5.74) is 2.57. The lowest BCUT2D eigenvalue weighted by Crippen LogP contribution is -2.23. The summed E-state index contributed by atoms with van der Waals surface area (Å²) in [6.07, 6.45) is 0. The Morgan fingerprint density at radius 3 is 2.47 bits per heavy atom. The summed E-state index contributed by atoms with van der Waals surface area (Å²) < 4.78 is 0. The molecule has 0 bridgehead atoms. The van der Waals surface area contributed by atoms with Crippen LogP contribution in [0, 0.1) is 13.8 Å². The molecule has 1 aromatic rings. The predicted octanol–water partition coefficient (Wildman–Crippen LogP) is 2.48. The quantitative estimate of drug-likeness (QED) is 0.734. The second kappa shape index (κ2) is 5.21. The topological polar surface area (TPSA) is 20.3 Å². The Morgan fingerprint density at radius 1 is 1.27 bits per heavy atom. The number of hydrogen-bond acceptors (Lipinski definition) is 2. The summed E-state index contributed by atoms with van der Waals surface area (Å²) in [4.78, 5) is 14.2. The highest BCUT2D eigenvalue weighted by Gasteiger charge is 2.05. The van der Waals surface area contributed by atoms with Gasteiger partial charge in [0.1, 0.15) is 0 Å². The minimum absolute atomic E-state index is 0.151. The van der Waals surface area contributed by atoms with Crippen LogP contribution >= 0.6 is 11.8 Å². The van der Waals surface area contributed by atoms with E-state index in [1.54, 1.807) is 30.8 Å². The van der Waals surface area contributed by atoms with Gasteiger partial charge in [0.05, 0.1) is 5.75 Å². The van der Waals surface area contributed by atoms with Crippen LogP contribution < -0.4 is 0 Å². The molecule has 1 aromatic carbocycles. The van der Waals surface area contributed by atoms with Crippen LogP contribution in [-0.4, -0.2) is 30.7 Å². The normalized spacial score (nSPS) is 10.1. The molecule has 82 valence electrons. The maximum absolute atomic E-state index is 11.4. The Bertz CT molecular complexity index is 361. The first-order valence-electron chi connectivity index (χ1n) is 4.91. The maximum Gasteiger partial charge on any atom is 0.232 e. The van der Waals surface area contributed by atoms with E-state index in [4.69, 9.17) is 0 Å². The Balaban J connectivity index is 2.58. The molecule has 0 N–H and O–H groups in total. The highest BCUT2D eigenvalue weighted by atomic mass is 32.2. The number of nitrogens with zero attached hydrogens (tertiary/aromatic N) is 1. The molecule has 0 aromatic heterocycles. The van der Waals surface area contributed by atoms with Gasteiger partial charge in [0, 0.05) is 19.0 Å². The van der Waals surface area contributed by atoms with Crippen LogP contribution in [0.5, 0.6) is 0 Å². The molecule has 0 saturated carbocycles. The van der Waals surface area contributed by atoms with Gasteiger partial charge < -0.3 is 4.90 Å². The van der Waals surface area contributed by atoms with E-state index < -0.39 is 0 Å². The van der Waals surface area contributed by atoms with Crippen molar-refractivity contribution < 1.29 is 4.79 Å². The maximum atomic E-state index is 11.4. The molecule has 1 amide bonds. The monoisotopic (exact) mass is 223 g/mol. The van der Waals surface area contributed by atoms with Crippen molar-refractivity contribution in [2.24, 2.45) is 0 Å². The molecule has 0 heterocycles. The largest absolute Gasteiger partial charge is 0.348 e. The molecule has 3 heteroatoms. The van der Waals surface area contributed by atoms with Crippen molar-refractivity contribution >= 4 is 17.7 Å². The zero-order valence-electron chi connectivity index (χ0n) is 9.70. The SMILES string of the molecule is Cc1ccc(SCC(=O)N(C)C)cc1C. The Kier molecular flexibility index (Phi) is 4.21. The fourth-order valence-electron chi connectivity index (χ4n) is 1.08. The first-order valence-corrected chi connectivity index (χ1v) is 5.89. The lowest BCUT2D eigenvalue weighted by Gasteiger charge is -2.10. The number of amides is 1. The van der Waals surface area contributed by atoms with E-state index in [1.807, 2.05) is 0 Å². The summed E-state index contributed by atoms with van der Waals surface area (Å²) in [6.45, 7) is 4.18. The Hall–Kier alpha value is -0.960. The molecule has 0 unspecified atom stereocenters. The first-order chi connectivity index (χ1) is 7.00. The number of hydrogen-bond donors (Lipinski definition) is 0. The van der Waals surface area contributed by atoms with E-state index in [-0.39, 0.29) is 5.91 Å². The molecule has 0 saturated heterocycles. The van der Waals surface area contributed by atoms with Crippen LogP contribution in [0.4, 0.5) is 0 Å². The highest BCUT2D eigenvalue weighted by Crippen LogP contribution is 2.20. The van der Waals surface area contributed by atoms with E-state index in [0.29, 0.717) is 5.75 Å². The number of carbonyl (C=O) groups is 1. The van der Waals surface area contributed by atoms with Crippen LogP contribution in [0.1, 0.15) is 11.1 Å². The smallest absolute Gasteiger partial charge is 0.232 e. The van der Waals surface area contributed by atoms with Gasteiger partial charge >= 0.3 is 0 Å². The molecule has 0 aliphatic rings. The van der Waals surface area contributed by atoms with Gasteiger partial charge in [-0.3, -0.25) is 4.79 Å². The third kappa shape index (κ3) is 3.59. The minimum Gasteiger partial charge on any atom is -0.348 e. The second-order valence-corrected chi connectivity index (χ2v) is 4.87. The van der Waals surface area contributed by atoms with E-state index >= 15 is 0 Å². The van der Waals surface area contributed by atoms with Crippen LogP contribution in [0.25, 0.3) is 0 Å². The minimum atomic E-state index is 0.151. The average Bonchev–Trinajstić information content (AvgIpc) is 2.19. The predicted molar refractivity (Wildman–Crippen MR) is 65.3 cm³/mol. The molecule has 2 nitrogen and oxygen atoms in total. The summed E-state index contributed by atoms with van der Waals surface area (Å²) in [6, 6.07) is 6.29. The molecular formula is C12H17NOS. The number of thioether (sulfide) groups is 1. The van der Waals surface area contributed by atoms with E-state index in [0.717, 1.165) is 4.90 Å².